The zero-order valence-corrected chi connectivity index (χ0v) is 23.5. The second-order valence-electron chi connectivity index (χ2n) is 9.41. The number of carbonyl (C=O) groups is 1. The van der Waals surface area contributed by atoms with Crippen molar-refractivity contribution in [2.24, 2.45) is 0 Å². The molecule has 1 heterocycles. The van der Waals surface area contributed by atoms with Crippen molar-refractivity contribution >= 4 is 27.3 Å². The highest BCUT2D eigenvalue weighted by Crippen LogP contribution is 2.36. The number of nitro benzene ring substituents is 1. The molecular formula is C28H28FN5O6S. The van der Waals surface area contributed by atoms with Crippen LogP contribution in [0.5, 0.6) is 11.6 Å². The van der Waals surface area contributed by atoms with E-state index in [-0.39, 0.29) is 22.9 Å². The van der Waals surface area contributed by atoms with Gasteiger partial charge in [-0.2, -0.15) is 9.78 Å². The van der Waals surface area contributed by atoms with E-state index in [1.54, 1.807) is 39.0 Å². The van der Waals surface area contributed by atoms with Crippen LogP contribution in [0.25, 0.3) is 5.69 Å². The molecule has 0 saturated carbocycles. The molecule has 0 bridgehead atoms. The van der Waals surface area contributed by atoms with E-state index < -0.39 is 43.3 Å². The van der Waals surface area contributed by atoms with Gasteiger partial charge in [-0.25, -0.2) is 17.5 Å². The number of hydrogen-bond acceptors (Lipinski definition) is 7. The Bertz CT molecular complexity index is 1720. The van der Waals surface area contributed by atoms with Crippen LogP contribution < -0.4 is 14.8 Å². The number of amides is 1. The van der Waals surface area contributed by atoms with Crippen molar-refractivity contribution in [2.45, 2.75) is 45.1 Å². The highest BCUT2D eigenvalue weighted by Gasteiger charge is 2.28. The van der Waals surface area contributed by atoms with Gasteiger partial charge in [0, 0.05) is 29.4 Å². The number of rotatable bonds is 10. The molecule has 1 aromatic heterocycles. The van der Waals surface area contributed by atoms with E-state index in [4.69, 9.17) is 4.74 Å². The van der Waals surface area contributed by atoms with Crippen molar-refractivity contribution in [3.8, 4) is 17.3 Å². The first-order chi connectivity index (χ1) is 19.4. The van der Waals surface area contributed by atoms with E-state index in [0.29, 0.717) is 17.8 Å². The molecule has 1 atom stereocenters. The van der Waals surface area contributed by atoms with Gasteiger partial charge in [0.05, 0.1) is 10.6 Å². The summed E-state index contributed by atoms with van der Waals surface area (Å²) in [7, 11) is -4.27. The average Bonchev–Trinajstić information content (AvgIpc) is 3.24. The Balaban J connectivity index is 1.84. The Labute approximate surface area is 236 Å². The summed E-state index contributed by atoms with van der Waals surface area (Å²) in [6, 6.07) is 15.1. The van der Waals surface area contributed by atoms with Gasteiger partial charge in [0.15, 0.2) is 5.69 Å². The number of sulfonamides is 1. The van der Waals surface area contributed by atoms with Crippen molar-refractivity contribution in [3.05, 3.63) is 99.5 Å². The fourth-order valence-corrected chi connectivity index (χ4v) is 5.38. The Morgan fingerprint density at radius 2 is 1.83 bits per heavy atom. The summed E-state index contributed by atoms with van der Waals surface area (Å²) in [4.78, 5) is 23.5. The van der Waals surface area contributed by atoms with E-state index in [2.05, 4.69) is 15.1 Å². The van der Waals surface area contributed by atoms with Gasteiger partial charge in [-0.15, -0.1) is 0 Å². The van der Waals surface area contributed by atoms with Crippen molar-refractivity contribution in [1.29, 1.82) is 0 Å². The van der Waals surface area contributed by atoms with Crippen molar-refractivity contribution < 1.29 is 27.3 Å². The molecule has 0 aliphatic heterocycles. The summed E-state index contributed by atoms with van der Waals surface area (Å²) in [5, 5.41) is 18.6. The van der Waals surface area contributed by atoms with E-state index in [1.165, 1.54) is 28.9 Å². The lowest BCUT2D eigenvalue weighted by molar-refractivity contribution is -0.385. The number of hydrogen-bond donors (Lipinski definition) is 2. The van der Waals surface area contributed by atoms with E-state index in [0.717, 1.165) is 23.8 Å². The summed E-state index contributed by atoms with van der Waals surface area (Å²) in [6.45, 7) is 6.88. The van der Waals surface area contributed by atoms with Crippen LogP contribution in [0.1, 0.15) is 41.9 Å². The number of nitrogens with zero attached hydrogens (tertiary/aromatic N) is 3. The summed E-state index contributed by atoms with van der Waals surface area (Å²) < 4.78 is 50.0. The standard InChI is InChI=1S/C28H28FN5O6S/c1-5-18(3)32-41(38,39)25-16-23(34(36)37)13-14-24(25)40-28-19(4)26(27(35)30-21-8-6-7-17(2)15-21)31-33(28)22-11-9-20(29)10-12-22/h6-16,18,32H,5H2,1-4H3,(H,30,35)/t18-/m0/s1. The van der Waals surface area contributed by atoms with Crippen LogP contribution >= 0.6 is 0 Å². The van der Waals surface area contributed by atoms with Crippen molar-refractivity contribution in [1.82, 2.24) is 14.5 Å². The first kappa shape index (κ1) is 29.4. The van der Waals surface area contributed by atoms with Crippen LogP contribution in [-0.2, 0) is 10.0 Å². The van der Waals surface area contributed by atoms with Gasteiger partial charge in [-0.1, -0.05) is 19.1 Å². The van der Waals surface area contributed by atoms with Gasteiger partial charge >= 0.3 is 0 Å². The summed E-state index contributed by atoms with van der Waals surface area (Å²) in [5.74, 6) is -1.34. The van der Waals surface area contributed by atoms with Gasteiger partial charge in [-0.05, 0) is 75.2 Å². The molecule has 0 aliphatic carbocycles. The second-order valence-corrected chi connectivity index (χ2v) is 11.1. The maximum Gasteiger partial charge on any atom is 0.276 e. The van der Waals surface area contributed by atoms with Crippen LogP contribution in [0.15, 0.2) is 71.6 Å². The fourth-order valence-electron chi connectivity index (χ4n) is 3.91. The maximum atomic E-state index is 13.7. The Morgan fingerprint density at radius 1 is 1.12 bits per heavy atom. The molecule has 4 rings (SSSR count). The number of aromatic nitrogens is 2. The van der Waals surface area contributed by atoms with E-state index in [1.807, 2.05) is 13.0 Å². The fraction of sp³-hybridized carbons (Fsp3) is 0.214. The minimum Gasteiger partial charge on any atom is -0.437 e. The molecule has 214 valence electrons. The van der Waals surface area contributed by atoms with Gasteiger partial charge in [0.25, 0.3) is 11.6 Å². The largest absolute Gasteiger partial charge is 0.437 e. The van der Waals surface area contributed by atoms with Crippen LogP contribution in [0, 0.1) is 29.8 Å². The number of non-ortho nitro benzene ring substituents is 1. The summed E-state index contributed by atoms with van der Waals surface area (Å²) >= 11 is 0. The molecule has 3 aromatic carbocycles. The van der Waals surface area contributed by atoms with Crippen molar-refractivity contribution in [3.63, 3.8) is 0 Å². The molecule has 0 saturated heterocycles. The average molecular weight is 582 g/mol. The third-order valence-electron chi connectivity index (χ3n) is 6.23. The molecule has 2 N–H and O–H groups in total. The van der Waals surface area contributed by atoms with Gasteiger partial charge in [0.2, 0.25) is 15.9 Å². The second kappa shape index (κ2) is 11.9. The lowest BCUT2D eigenvalue weighted by Crippen LogP contribution is -2.32. The molecule has 13 heteroatoms. The third-order valence-corrected chi connectivity index (χ3v) is 7.84. The van der Waals surface area contributed by atoms with Crippen LogP contribution in [0.3, 0.4) is 0 Å². The topological polar surface area (TPSA) is 145 Å². The maximum absolute atomic E-state index is 13.7. The first-order valence-corrected chi connectivity index (χ1v) is 14.1. The van der Waals surface area contributed by atoms with E-state index in [9.17, 15) is 27.7 Å². The van der Waals surface area contributed by atoms with Crippen LogP contribution in [-0.4, -0.2) is 35.1 Å². The van der Waals surface area contributed by atoms with Gasteiger partial charge < -0.3 is 10.1 Å². The Hall–Kier alpha value is -4.62. The number of carbonyl (C=O) groups excluding carboxylic acids is 1. The monoisotopic (exact) mass is 581 g/mol. The van der Waals surface area contributed by atoms with Crippen molar-refractivity contribution in [2.75, 3.05) is 5.32 Å². The molecule has 0 spiro atoms. The molecule has 11 nitrogen and oxygen atoms in total. The zero-order chi connectivity index (χ0) is 29.9. The molecule has 41 heavy (non-hydrogen) atoms. The summed E-state index contributed by atoms with van der Waals surface area (Å²) in [5.41, 5.74) is 1.55. The number of aryl methyl sites for hydroxylation is 1. The van der Waals surface area contributed by atoms with Gasteiger partial charge in [0.1, 0.15) is 16.5 Å². The number of ether oxygens (including phenoxy) is 1. The SMILES string of the molecule is CC[C@H](C)NS(=O)(=O)c1cc([N+](=O)[O-])ccc1Oc1c(C)c(C(=O)Nc2cccc(C)c2)nn1-c1ccc(F)cc1. The number of nitro groups is 1. The Morgan fingerprint density at radius 3 is 2.46 bits per heavy atom. The molecule has 0 fully saturated rings. The number of anilines is 1. The molecular weight excluding hydrogens is 553 g/mol. The number of halogens is 1. The zero-order valence-electron chi connectivity index (χ0n) is 22.7. The normalized spacial score (nSPS) is 12.1. The molecule has 0 unspecified atom stereocenters. The third kappa shape index (κ3) is 6.58. The van der Waals surface area contributed by atoms with Crippen LogP contribution in [0.2, 0.25) is 0 Å². The summed E-state index contributed by atoms with van der Waals surface area (Å²) in [6.07, 6.45) is 0.472. The highest BCUT2D eigenvalue weighted by atomic mass is 32.2. The first-order valence-electron chi connectivity index (χ1n) is 12.6. The minimum absolute atomic E-state index is 0.0325. The minimum atomic E-state index is -4.27. The lowest BCUT2D eigenvalue weighted by Gasteiger charge is -2.16. The molecule has 4 aromatic rings. The Kier molecular flexibility index (Phi) is 8.49. The van der Waals surface area contributed by atoms with Crippen LogP contribution in [0.4, 0.5) is 15.8 Å². The molecule has 0 radical (unpaired) electrons. The van der Waals surface area contributed by atoms with E-state index >= 15 is 0 Å². The predicted octanol–water partition coefficient (Wildman–Crippen LogP) is 5.66. The molecule has 0 aliphatic rings. The quantitative estimate of drug-likeness (QED) is 0.182. The smallest absolute Gasteiger partial charge is 0.276 e. The molecule has 1 amide bonds. The van der Waals surface area contributed by atoms with Gasteiger partial charge in [-0.3, -0.25) is 14.9 Å². The lowest BCUT2D eigenvalue weighted by atomic mass is 10.2. The number of nitrogens with one attached hydrogen (secondary N) is 2. The highest BCUT2D eigenvalue weighted by molar-refractivity contribution is 7.89. The number of benzene rings is 3. The predicted molar refractivity (Wildman–Crippen MR) is 151 cm³/mol.